The Morgan fingerprint density at radius 3 is 2.85 bits per heavy atom. The molecule has 0 amide bonds. The zero-order chi connectivity index (χ0) is 9.68. The summed E-state index contributed by atoms with van der Waals surface area (Å²) in [6, 6.07) is 1.98. The van der Waals surface area contributed by atoms with Crippen molar-refractivity contribution in [3.63, 3.8) is 0 Å². The van der Waals surface area contributed by atoms with Crippen LogP contribution in [-0.4, -0.2) is 4.83 Å². The monoisotopic (exact) mass is 280 g/mol. The highest BCUT2D eigenvalue weighted by molar-refractivity contribution is 9.09. The number of thiophene rings is 1. The summed E-state index contributed by atoms with van der Waals surface area (Å²) < 4.78 is 0. The molecule has 0 aliphatic heterocycles. The van der Waals surface area contributed by atoms with Gasteiger partial charge in [0.15, 0.2) is 0 Å². The first-order valence-corrected chi connectivity index (χ1v) is 6.77. The summed E-state index contributed by atoms with van der Waals surface area (Å²) in [5, 5.41) is 2.99. The highest BCUT2D eigenvalue weighted by Crippen LogP contribution is 2.25. The molecule has 1 aromatic rings. The van der Waals surface area contributed by atoms with E-state index in [2.05, 4.69) is 28.2 Å². The molecule has 0 saturated carbocycles. The van der Waals surface area contributed by atoms with Crippen molar-refractivity contribution in [2.45, 2.75) is 37.4 Å². The number of aryl methyl sites for hydroxylation is 1. The first-order chi connectivity index (χ1) is 6.24. The minimum absolute atomic E-state index is 0.649. The van der Waals surface area contributed by atoms with Crippen LogP contribution in [0.15, 0.2) is 11.4 Å². The molecule has 0 aliphatic carbocycles. The topological polar surface area (TPSA) is 0 Å². The lowest BCUT2D eigenvalue weighted by atomic mass is 10.1. The number of hydrogen-bond acceptors (Lipinski definition) is 1. The van der Waals surface area contributed by atoms with Crippen molar-refractivity contribution in [2.24, 2.45) is 0 Å². The van der Waals surface area contributed by atoms with Crippen molar-refractivity contribution >= 4 is 38.9 Å². The molecule has 0 aliphatic rings. The predicted molar refractivity (Wildman–Crippen MR) is 65.3 cm³/mol. The Bertz CT molecular complexity index is 247. The van der Waals surface area contributed by atoms with Gasteiger partial charge < -0.3 is 0 Å². The maximum atomic E-state index is 6.00. The SMILES string of the molecule is CCCC(Br)CCc1sccc1Cl. The fourth-order valence-corrected chi connectivity index (χ4v) is 3.09. The Kier molecular flexibility index (Phi) is 5.37. The van der Waals surface area contributed by atoms with Crippen molar-refractivity contribution in [1.82, 2.24) is 0 Å². The number of hydrogen-bond donors (Lipinski definition) is 0. The van der Waals surface area contributed by atoms with E-state index in [1.54, 1.807) is 11.3 Å². The molecule has 3 heteroatoms. The molecular formula is C10H14BrClS. The standard InChI is InChI=1S/C10H14BrClS/c1-2-3-8(11)4-5-10-9(12)6-7-13-10/h6-8H,2-5H2,1H3. The molecular weight excluding hydrogens is 268 g/mol. The maximum absolute atomic E-state index is 6.00. The molecule has 1 atom stereocenters. The molecule has 0 saturated heterocycles. The van der Waals surface area contributed by atoms with Crippen LogP contribution in [0.5, 0.6) is 0 Å². The van der Waals surface area contributed by atoms with E-state index in [4.69, 9.17) is 11.6 Å². The smallest absolute Gasteiger partial charge is 0.0544 e. The first kappa shape index (κ1) is 11.5. The summed E-state index contributed by atoms with van der Waals surface area (Å²) in [7, 11) is 0. The molecule has 0 spiro atoms. The molecule has 13 heavy (non-hydrogen) atoms. The third-order valence-electron chi connectivity index (χ3n) is 1.98. The van der Waals surface area contributed by atoms with Crippen molar-refractivity contribution in [3.05, 3.63) is 21.3 Å². The molecule has 1 heterocycles. The normalized spacial score (nSPS) is 13.2. The molecule has 0 aromatic carbocycles. The van der Waals surface area contributed by atoms with E-state index in [9.17, 15) is 0 Å². The van der Waals surface area contributed by atoms with Crippen LogP contribution in [0.2, 0.25) is 5.02 Å². The summed E-state index contributed by atoms with van der Waals surface area (Å²) in [5.74, 6) is 0. The van der Waals surface area contributed by atoms with E-state index >= 15 is 0 Å². The van der Waals surface area contributed by atoms with Gasteiger partial charge in [-0.15, -0.1) is 11.3 Å². The lowest BCUT2D eigenvalue weighted by molar-refractivity contribution is 0.697. The fraction of sp³-hybridized carbons (Fsp3) is 0.600. The number of alkyl halides is 1. The Labute approximate surface area is 97.4 Å². The zero-order valence-corrected chi connectivity index (χ0v) is 10.9. The second-order valence-corrected chi connectivity index (χ2v) is 5.82. The number of rotatable bonds is 5. The minimum atomic E-state index is 0.649. The summed E-state index contributed by atoms with van der Waals surface area (Å²) in [5.41, 5.74) is 0. The molecule has 0 nitrogen and oxygen atoms in total. The van der Waals surface area contributed by atoms with Gasteiger partial charge in [0.2, 0.25) is 0 Å². The molecule has 74 valence electrons. The van der Waals surface area contributed by atoms with Crippen molar-refractivity contribution < 1.29 is 0 Å². The van der Waals surface area contributed by atoms with Gasteiger partial charge in [0.1, 0.15) is 0 Å². The van der Waals surface area contributed by atoms with E-state index in [-0.39, 0.29) is 0 Å². The lowest BCUT2D eigenvalue weighted by Crippen LogP contribution is -1.98. The molecule has 1 rings (SSSR count). The lowest BCUT2D eigenvalue weighted by Gasteiger charge is -2.06. The maximum Gasteiger partial charge on any atom is 0.0544 e. The van der Waals surface area contributed by atoms with E-state index in [1.165, 1.54) is 24.1 Å². The van der Waals surface area contributed by atoms with E-state index < -0.39 is 0 Å². The van der Waals surface area contributed by atoms with Crippen LogP contribution < -0.4 is 0 Å². The average Bonchev–Trinajstić information content (AvgIpc) is 2.48. The van der Waals surface area contributed by atoms with Gasteiger partial charge in [-0.05, 0) is 30.7 Å². The summed E-state index contributed by atoms with van der Waals surface area (Å²) in [6.45, 7) is 2.21. The highest BCUT2D eigenvalue weighted by Gasteiger charge is 2.06. The van der Waals surface area contributed by atoms with Crippen LogP contribution in [0.4, 0.5) is 0 Å². The van der Waals surface area contributed by atoms with Crippen LogP contribution in [0.25, 0.3) is 0 Å². The van der Waals surface area contributed by atoms with E-state index in [0.717, 1.165) is 11.4 Å². The summed E-state index contributed by atoms with van der Waals surface area (Å²) in [6.07, 6.45) is 4.79. The van der Waals surface area contributed by atoms with Crippen LogP contribution in [0, 0.1) is 0 Å². The third kappa shape index (κ3) is 4.01. The van der Waals surface area contributed by atoms with Gasteiger partial charge in [-0.2, -0.15) is 0 Å². The van der Waals surface area contributed by atoms with Gasteiger partial charge in [0.05, 0.1) is 5.02 Å². The second-order valence-electron chi connectivity index (χ2n) is 3.12. The molecule has 0 radical (unpaired) electrons. The highest BCUT2D eigenvalue weighted by atomic mass is 79.9. The Morgan fingerprint density at radius 2 is 2.31 bits per heavy atom. The van der Waals surface area contributed by atoms with Crippen molar-refractivity contribution in [3.8, 4) is 0 Å². The van der Waals surface area contributed by atoms with Crippen LogP contribution >= 0.6 is 38.9 Å². The first-order valence-electron chi connectivity index (χ1n) is 4.60. The van der Waals surface area contributed by atoms with E-state index in [0.29, 0.717) is 4.83 Å². The zero-order valence-electron chi connectivity index (χ0n) is 7.72. The van der Waals surface area contributed by atoms with Crippen molar-refractivity contribution in [2.75, 3.05) is 0 Å². The molecule has 0 fully saturated rings. The van der Waals surface area contributed by atoms with Crippen LogP contribution in [-0.2, 0) is 6.42 Å². The average molecular weight is 282 g/mol. The predicted octanol–water partition coefficient (Wildman–Crippen LogP) is 4.90. The summed E-state index contributed by atoms with van der Waals surface area (Å²) in [4.78, 5) is 1.97. The van der Waals surface area contributed by atoms with Gasteiger partial charge in [-0.3, -0.25) is 0 Å². The molecule has 0 bridgehead atoms. The van der Waals surface area contributed by atoms with Gasteiger partial charge in [0.25, 0.3) is 0 Å². The quantitative estimate of drug-likeness (QED) is 0.674. The van der Waals surface area contributed by atoms with Crippen molar-refractivity contribution in [1.29, 1.82) is 0 Å². The minimum Gasteiger partial charge on any atom is -0.147 e. The number of halogens is 2. The molecule has 0 N–H and O–H groups in total. The second kappa shape index (κ2) is 6.05. The van der Waals surface area contributed by atoms with Crippen LogP contribution in [0.1, 0.15) is 31.1 Å². The van der Waals surface area contributed by atoms with Crippen LogP contribution in [0.3, 0.4) is 0 Å². The fourth-order valence-electron chi connectivity index (χ4n) is 1.25. The molecule has 1 unspecified atom stereocenters. The van der Waals surface area contributed by atoms with Gasteiger partial charge in [0, 0.05) is 9.70 Å². The Balaban J connectivity index is 2.30. The van der Waals surface area contributed by atoms with Gasteiger partial charge in [-0.1, -0.05) is 40.9 Å². The molecule has 1 aromatic heterocycles. The van der Waals surface area contributed by atoms with Gasteiger partial charge in [-0.25, -0.2) is 0 Å². The van der Waals surface area contributed by atoms with E-state index in [1.807, 2.05) is 6.07 Å². The third-order valence-corrected chi connectivity index (χ3v) is 4.34. The Hall–Kier alpha value is 0.470. The Morgan fingerprint density at radius 1 is 1.54 bits per heavy atom. The largest absolute Gasteiger partial charge is 0.147 e. The van der Waals surface area contributed by atoms with Gasteiger partial charge >= 0.3 is 0 Å². The summed E-state index contributed by atoms with van der Waals surface area (Å²) >= 11 is 11.4.